The van der Waals surface area contributed by atoms with Crippen LogP contribution in [0.25, 0.3) is 0 Å². The van der Waals surface area contributed by atoms with Gasteiger partial charge in [0.1, 0.15) is 6.29 Å². The lowest BCUT2D eigenvalue weighted by Gasteiger charge is -2.32. The smallest absolute Gasteiger partial charge is 0.134 e. The number of carbonyl (C=O) groups is 1. The van der Waals surface area contributed by atoms with Gasteiger partial charge in [-0.2, -0.15) is 0 Å². The van der Waals surface area contributed by atoms with Crippen LogP contribution in [-0.4, -0.2) is 6.29 Å². The lowest BCUT2D eigenvalue weighted by Crippen LogP contribution is -2.27. The van der Waals surface area contributed by atoms with E-state index in [4.69, 9.17) is 0 Å². The molecule has 2 aliphatic carbocycles. The van der Waals surface area contributed by atoms with E-state index in [1.54, 1.807) is 0 Å². The molecule has 1 unspecified atom stereocenters. The molecular weight excluding hydrogens is 160 g/mol. The van der Waals surface area contributed by atoms with Gasteiger partial charge in [0.05, 0.1) is 5.41 Å². The van der Waals surface area contributed by atoms with Crippen LogP contribution >= 0.6 is 0 Å². The van der Waals surface area contributed by atoms with E-state index in [9.17, 15) is 4.79 Å². The highest BCUT2D eigenvalue weighted by Gasteiger charge is 2.43. The minimum atomic E-state index is -0.234. The highest BCUT2D eigenvalue weighted by atomic mass is 16.1. The fourth-order valence-electron chi connectivity index (χ4n) is 2.86. The maximum Gasteiger partial charge on any atom is 0.134 e. The third-order valence-corrected chi connectivity index (χ3v) is 3.61. The standard InChI is InChI=1S/C12H16O/c1-9-7-10(2)12(8-13)6-4-3-5-11(9)12/h8H,2-7H2,1H3. The van der Waals surface area contributed by atoms with E-state index in [2.05, 4.69) is 13.5 Å². The van der Waals surface area contributed by atoms with Crippen molar-refractivity contribution < 1.29 is 4.79 Å². The van der Waals surface area contributed by atoms with E-state index >= 15 is 0 Å². The Kier molecular flexibility index (Phi) is 1.90. The number of carbonyl (C=O) groups excluding carboxylic acids is 1. The molecule has 1 fully saturated rings. The summed E-state index contributed by atoms with van der Waals surface area (Å²) in [7, 11) is 0. The summed E-state index contributed by atoms with van der Waals surface area (Å²) in [6, 6.07) is 0. The molecule has 70 valence electrons. The van der Waals surface area contributed by atoms with Crippen LogP contribution in [0.2, 0.25) is 0 Å². The largest absolute Gasteiger partial charge is 0.302 e. The molecule has 1 saturated carbocycles. The Morgan fingerprint density at radius 3 is 2.85 bits per heavy atom. The van der Waals surface area contributed by atoms with Gasteiger partial charge in [0, 0.05) is 0 Å². The van der Waals surface area contributed by atoms with Crippen LogP contribution in [0.4, 0.5) is 0 Å². The zero-order chi connectivity index (χ0) is 9.47. The van der Waals surface area contributed by atoms with Gasteiger partial charge in [0.15, 0.2) is 0 Å². The third kappa shape index (κ3) is 1.03. The number of allylic oxidation sites excluding steroid dienone is 3. The quantitative estimate of drug-likeness (QED) is 0.443. The van der Waals surface area contributed by atoms with Gasteiger partial charge in [-0.05, 0) is 32.6 Å². The molecule has 2 rings (SSSR count). The molecule has 0 aromatic carbocycles. The summed E-state index contributed by atoms with van der Waals surface area (Å²) in [4.78, 5) is 11.2. The predicted molar refractivity (Wildman–Crippen MR) is 53.4 cm³/mol. The molecule has 0 aromatic rings. The lowest BCUT2D eigenvalue weighted by atomic mass is 9.70. The summed E-state index contributed by atoms with van der Waals surface area (Å²) in [6.45, 7) is 6.21. The maximum absolute atomic E-state index is 11.2. The van der Waals surface area contributed by atoms with Crippen molar-refractivity contribution in [1.82, 2.24) is 0 Å². The molecule has 0 amide bonds. The van der Waals surface area contributed by atoms with Gasteiger partial charge in [-0.1, -0.05) is 29.7 Å². The zero-order valence-electron chi connectivity index (χ0n) is 8.23. The molecule has 0 heterocycles. The molecule has 0 aliphatic heterocycles. The van der Waals surface area contributed by atoms with Gasteiger partial charge in [-0.3, -0.25) is 0 Å². The first-order valence-corrected chi connectivity index (χ1v) is 5.04. The second kappa shape index (κ2) is 2.83. The molecule has 0 N–H and O–H groups in total. The van der Waals surface area contributed by atoms with Crippen LogP contribution in [0.3, 0.4) is 0 Å². The molecular formula is C12H16O. The second-order valence-corrected chi connectivity index (χ2v) is 4.34. The Morgan fingerprint density at radius 1 is 1.46 bits per heavy atom. The molecule has 0 radical (unpaired) electrons. The van der Waals surface area contributed by atoms with Crippen molar-refractivity contribution >= 4 is 6.29 Å². The average molecular weight is 176 g/mol. The van der Waals surface area contributed by atoms with Crippen molar-refractivity contribution in [3.05, 3.63) is 23.3 Å². The third-order valence-electron chi connectivity index (χ3n) is 3.61. The highest BCUT2D eigenvalue weighted by Crippen LogP contribution is 2.52. The van der Waals surface area contributed by atoms with E-state index in [1.165, 1.54) is 24.0 Å². The molecule has 1 atom stereocenters. The van der Waals surface area contributed by atoms with Gasteiger partial charge in [0.25, 0.3) is 0 Å². The van der Waals surface area contributed by atoms with E-state index in [-0.39, 0.29) is 5.41 Å². The van der Waals surface area contributed by atoms with Crippen LogP contribution in [0.1, 0.15) is 39.0 Å². The predicted octanol–water partition coefficient (Wildman–Crippen LogP) is 3.02. The molecule has 1 heteroatoms. The number of aldehydes is 1. The fraction of sp³-hybridized carbons (Fsp3) is 0.583. The highest BCUT2D eigenvalue weighted by molar-refractivity contribution is 5.74. The lowest BCUT2D eigenvalue weighted by molar-refractivity contribution is -0.113. The minimum Gasteiger partial charge on any atom is -0.302 e. The first-order valence-electron chi connectivity index (χ1n) is 5.04. The maximum atomic E-state index is 11.2. The van der Waals surface area contributed by atoms with Crippen LogP contribution in [-0.2, 0) is 4.79 Å². The van der Waals surface area contributed by atoms with Crippen molar-refractivity contribution in [2.75, 3.05) is 0 Å². The summed E-state index contributed by atoms with van der Waals surface area (Å²) in [5.74, 6) is 0. The molecule has 13 heavy (non-hydrogen) atoms. The van der Waals surface area contributed by atoms with Gasteiger partial charge in [0.2, 0.25) is 0 Å². The van der Waals surface area contributed by atoms with Gasteiger partial charge in [-0.25, -0.2) is 0 Å². The Labute approximate surface area is 79.5 Å². The van der Waals surface area contributed by atoms with E-state index < -0.39 is 0 Å². The van der Waals surface area contributed by atoms with Crippen LogP contribution in [0.5, 0.6) is 0 Å². The molecule has 0 aromatic heterocycles. The molecule has 0 bridgehead atoms. The van der Waals surface area contributed by atoms with Crippen LogP contribution in [0.15, 0.2) is 23.3 Å². The molecule has 1 nitrogen and oxygen atoms in total. The molecule has 2 aliphatic rings. The first-order chi connectivity index (χ1) is 6.20. The summed E-state index contributed by atoms with van der Waals surface area (Å²) < 4.78 is 0. The van der Waals surface area contributed by atoms with Gasteiger partial charge < -0.3 is 4.79 Å². The van der Waals surface area contributed by atoms with Gasteiger partial charge in [-0.15, -0.1) is 0 Å². The van der Waals surface area contributed by atoms with E-state index in [1.807, 2.05) is 0 Å². The number of hydrogen-bond donors (Lipinski definition) is 0. The summed E-state index contributed by atoms with van der Waals surface area (Å²) in [6.07, 6.45) is 6.63. The van der Waals surface area contributed by atoms with Crippen molar-refractivity contribution in [3.63, 3.8) is 0 Å². The van der Waals surface area contributed by atoms with Crippen molar-refractivity contribution in [2.24, 2.45) is 5.41 Å². The Morgan fingerprint density at radius 2 is 2.23 bits per heavy atom. The Balaban J connectivity index is 2.47. The summed E-state index contributed by atoms with van der Waals surface area (Å²) >= 11 is 0. The number of hydrogen-bond acceptors (Lipinski definition) is 1. The van der Waals surface area contributed by atoms with Crippen LogP contribution < -0.4 is 0 Å². The molecule has 0 saturated heterocycles. The van der Waals surface area contributed by atoms with Crippen molar-refractivity contribution in [3.8, 4) is 0 Å². The van der Waals surface area contributed by atoms with E-state index in [0.717, 1.165) is 31.1 Å². The fourth-order valence-corrected chi connectivity index (χ4v) is 2.86. The van der Waals surface area contributed by atoms with Crippen molar-refractivity contribution in [1.29, 1.82) is 0 Å². The normalized spacial score (nSPS) is 33.5. The Bertz CT molecular complexity index is 298. The van der Waals surface area contributed by atoms with Crippen molar-refractivity contribution in [2.45, 2.75) is 39.0 Å². The summed E-state index contributed by atoms with van der Waals surface area (Å²) in [5, 5.41) is 0. The topological polar surface area (TPSA) is 17.1 Å². The SMILES string of the molecule is C=C1CC(C)=C2CCCCC12C=O. The Hall–Kier alpha value is -0.850. The first kappa shape index (κ1) is 8.74. The number of fused-ring (bicyclic) bond motifs is 1. The second-order valence-electron chi connectivity index (χ2n) is 4.34. The minimum absolute atomic E-state index is 0.234. The van der Waals surface area contributed by atoms with Gasteiger partial charge >= 0.3 is 0 Å². The average Bonchev–Trinajstić information content (AvgIpc) is 2.41. The summed E-state index contributed by atoms with van der Waals surface area (Å²) in [5.41, 5.74) is 3.69. The molecule has 0 spiro atoms. The van der Waals surface area contributed by atoms with Crippen LogP contribution in [0, 0.1) is 5.41 Å². The monoisotopic (exact) mass is 176 g/mol. The zero-order valence-corrected chi connectivity index (χ0v) is 8.23. The number of rotatable bonds is 1. The van der Waals surface area contributed by atoms with E-state index in [0.29, 0.717) is 0 Å².